The van der Waals surface area contributed by atoms with Crippen LogP contribution in [0.5, 0.6) is 0 Å². The minimum atomic E-state index is -0.0457. The summed E-state index contributed by atoms with van der Waals surface area (Å²) in [7, 11) is 0. The Morgan fingerprint density at radius 1 is 1.44 bits per heavy atom. The van der Waals surface area contributed by atoms with Gasteiger partial charge in [-0.25, -0.2) is 0 Å². The average molecular weight is 216 g/mol. The van der Waals surface area contributed by atoms with Crippen LogP contribution in [0.3, 0.4) is 0 Å². The number of hydrogen-bond donors (Lipinski definition) is 1. The van der Waals surface area contributed by atoms with E-state index in [4.69, 9.17) is 10.00 Å². The number of amides is 1. The Kier molecular flexibility index (Phi) is 3.18. The van der Waals surface area contributed by atoms with E-state index < -0.39 is 0 Å². The van der Waals surface area contributed by atoms with Crippen molar-refractivity contribution in [3.8, 4) is 6.07 Å². The van der Waals surface area contributed by atoms with Crippen molar-refractivity contribution in [1.82, 2.24) is 0 Å². The Bertz CT molecular complexity index is 414. The lowest BCUT2D eigenvalue weighted by atomic mass is 10.1. The van der Waals surface area contributed by atoms with E-state index in [0.29, 0.717) is 18.8 Å². The van der Waals surface area contributed by atoms with E-state index >= 15 is 0 Å². The van der Waals surface area contributed by atoms with Crippen molar-refractivity contribution >= 4 is 11.6 Å². The standard InChI is InChI=1S/C12H12N2O2/c13-7-9-1-3-11(4-2-9)14-12(15)10-5-6-16-8-10/h1-4,10H,5-6,8H2,(H,14,15). The molecule has 0 spiro atoms. The molecule has 4 heteroatoms. The molecule has 2 rings (SSSR count). The lowest BCUT2D eigenvalue weighted by Crippen LogP contribution is -2.22. The molecular formula is C12H12N2O2. The van der Waals surface area contributed by atoms with Crippen LogP contribution < -0.4 is 5.32 Å². The number of carbonyl (C=O) groups excluding carboxylic acids is 1. The fourth-order valence-corrected chi connectivity index (χ4v) is 1.61. The van der Waals surface area contributed by atoms with Gasteiger partial charge in [0.2, 0.25) is 5.91 Å². The Hall–Kier alpha value is -1.86. The molecule has 1 atom stereocenters. The molecule has 1 aliphatic heterocycles. The smallest absolute Gasteiger partial charge is 0.229 e. The highest BCUT2D eigenvalue weighted by Gasteiger charge is 2.23. The van der Waals surface area contributed by atoms with Gasteiger partial charge in [0.15, 0.2) is 0 Å². The van der Waals surface area contributed by atoms with E-state index in [9.17, 15) is 4.79 Å². The lowest BCUT2D eigenvalue weighted by molar-refractivity contribution is -0.119. The molecule has 1 aromatic carbocycles. The maximum Gasteiger partial charge on any atom is 0.229 e. The van der Waals surface area contributed by atoms with Crippen molar-refractivity contribution < 1.29 is 9.53 Å². The zero-order valence-electron chi connectivity index (χ0n) is 8.77. The van der Waals surface area contributed by atoms with Crippen LogP contribution >= 0.6 is 0 Å². The molecule has 1 aromatic rings. The minimum Gasteiger partial charge on any atom is -0.381 e. The van der Waals surface area contributed by atoms with Gasteiger partial charge in [-0.1, -0.05) is 0 Å². The Morgan fingerprint density at radius 3 is 2.75 bits per heavy atom. The summed E-state index contributed by atoms with van der Waals surface area (Å²) in [6.07, 6.45) is 0.780. The quantitative estimate of drug-likeness (QED) is 0.815. The number of anilines is 1. The molecule has 1 heterocycles. The first kappa shape index (κ1) is 10.7. The molecule has 0 bridgehead atoms. The van der Waals surface area contributed by atoms with Gasteiger partial charge in [-0.15, -0.1) is 0 Å². The summed E-state index contributed by atoms with van der Waals surface area (Å²) in [4.78, 5) is 11.7. The van der Waals surface area contributed by atoms with E-state index in [2.05, 4.69) is 5.32 Å². The molecule has 0 aromatic heterocycles. The molecule has 16 heavy (non-hydrogen) atoms. The van der Waals surface area contributed by atoms with Crippen molar-refractivity contribution in [2.45, 2.75) is 6.42 Å². The second-order valence-corrected chi connectivity index (χ2v) is 3.74. The fourth-order valence-electron chi connectivity index (χ4n) is 1.61. The summed E-state index contributed by atoms with van der Waals surface area (Å²) in [6.45, 7) is 1.16. The molecule has 1 unspecified atom stereocenters. The zero-order valence-corrected chi connectivity index (χ0v) is 8.77. The topological polar surface area (TPSA) is 62.1 Å². The average Bonchev–Trinajstić information content (AvgIpc) is 2.83. The van der Waals surface area contributed by atoms with Gasteiger partial charge in [0, 0.05) is 12.3 Å². The van der Waals surface area contributed by atoms with E-state index in [-0.39, 0.29) is 11.8 Å². The van der Waals surface area contributed by atoms with Gasteiger partial charge in [-0.3, -0.25) is 4.79 Å². The minimum absolute atomic E-state index is 0.0118. The summed E-state index contributed by atoms with van der Waals surface area (Å²) in [5, 5.41) is 11.4. The monoisotopic (exact) mass is 216 g/mol. The summed E-state index contributed by atoms with van der Waals surface area (Å²) < 4.78 is 5.15. The second kappa shape index (κ2) is 4.77. The maximum atomic E-state index is 11.7. The first-order valence-electron chi connectivity index (χ1n) is 5.18. The first-order chi connectivity index (χ1) is 7.79. The summed E-state index contributed by atoms with van der Waals surface area (Å²) in [6, 6.07) is 8.85. The number of nitriles is 1. The maximum absolute atomic E-state index is 11.7. The van der Waals surface area contributed by atoms with Crippen molar-refractivity contribution in [2.75, 3.05) is 18.5 Å². The van der Waals surface area contributed by atoms with Gasteiger partial charge in [-0.2, -0.15) is 5.26 Å². The highest BCUT2D eigenvalue weighted by molar-refractivity contribution is 5.92. The third-order valence-electron chi connectivity index (χ3n) is 2.58. The molecule has 1 aliphatic rings. The van der Waals surface area contributed by atoms with Gasteiger partial charge in [0.05, 0.1) is 24.2 Å². The molecule has 0 radical (unpaired) electrons. The lowest BCUT2D eigenvalue weighted by Gasteiger charge is -2.08. The van der Waals surface area contributed by atoms with Crippen molar-refractivity contribution in [2.24, 2.45) is 5.92 Å². The zero-order chi connectivity index (χ0) is 11.4. The number of carbonyl (C=O) groups is 1. The van der Waals surface area contributed by atoms with Crippen LogP contribution in [0, 0.1) is 17.2 Å². The number of rotatable bonds is 2. The summed E-state index contributed by atoms with van der Waals surface area (Å²) in [5.74, 6) is -0.0575. The predicted molar refractivity (Wildman–Crippen MR) is 58.7 cm³/mol. The van der Waals surface area contributed by atoms with Crippen LogP contribution in [0.4, 0.5) is 5.69 Å². The second-order valence-electron chi connectivity index (χ2n) is 3.74. The number of hydrogen-bond acceptors (Lipinski definition) is 3. The molecule has 4 nitrogen and oxygen atoms in total. The Labute approximate surface area is 93.8 Å². The number of nitrogens with one attached hydrogen (secondary N) is 1. The predicted octanol–water partition coefficient (Wildman–Crippen LogP) is 1.53. The molecule has 82 valence electrons. The van der Waals surface area contributed by atoms with E-state index in [1.807, 2.05) is 6.07 Å². The van der Waals surface area contributed by atoms with Gasteiger partial charge >= 0.3 is 0 Å². The Balaban J connectivity index is 1.98. The van der Waals surface area contributed by atoms with Gasteiger partial charge in [-0.05, 0) is 30.7 Å². The third-order valence-corrected chi connectivity index (χ3v) is 2.58. The largest absolute Gasteiger partial charge is 0.381 e. The van der Waals surface area contributed by atoms with E-state index in [1.54, 1.807) is 24.3 Å². The molecule has 1 fully saturated rings. The molecule has 0 saturated carbocycles. The van der Waals surface area contributed by atoms with E-state index in [1.165, 1.54) is 0 Å². The van der Waals surface area contributed by atoms with Crippen LogP contribution in [-0.4, -0.2) is 19.1 Å². The molecule has 1 saturated heterocycles. The van der Waals surface area contributed by atoms with Crippen LogP contribution in [0.2, 0.25) is 0 Å². The highest BCUT2D eigenvalue weighted by Crippen LogP contribution is 2.16. The molecule has 1 amide bonds. The van der Waals surface area contributed by atoms with Crippen LogP contribution in [0.15, 0.2) is 24.3 Å². The summed E-state index contributed by atoms with van der Waals surface area (Å²) in [5.41, 5.74) is 1.30. The number of nitrogens with zero attached hydrogens (tertiary/aromatic N) is 1. The molecule has 0 aliphatic carbocycles. The van der Waals surface area contributed by atoms with Crippen LogP contribution in [-0.2, 0) is 9.53 Å². The third kappa shape index (κ3) is 2.38. The highest BCUT2D eigenvalue weighted by atomic mass is 16.5. The van der Waals surface area contributed by atoms with Crippen LogP contribution in [0.25, 0.3) is 0 Å². The molecule has 1 N–H and O–H groups in total. The van der Waals surface area contributed by atoms with Gasteiger partial charge < -0.3 is 10.1 Å². The first-order valence-corrected chi connectivity index (χ1v) is 5.18. The van der Waals surface area contributed by atoms with Gasteiger partial charge in [0.25, 0.3) is 0 Å². The fraction of sp³-hybridized carbons (Fsp3) is 0.333. The van der Waals surface area contributed by atoms with Crippen molar-refractivity contribution in [3.05, 3.63) is 29.8 Å². The van der Waals surface area contributed by atoms with Crippen LogP contribution in [0.1, 0.15) is 12.0 Å². The van der Waals surface area contributed by atoms with Crippen molar-refractivity contribution in [1.29, 1.82) is 5.26 Å². The summed E-state index contributed by atoms with van der Waals surface area (Å²) >= 11 is 0. The number of benzene rings is 1. The number of ether oxygens (including phenoxy) is 1. The Morgan fingerprint density at radius 2 is 2.19 bits per heavy atom. The van der Waals surface area contributed by atoms with Gasteiger partial charge in [0.1, 0.15) is 0 Å². The normalized spacial score (nSPS) is 19.1. The van der Waals surface area contributed by atoms with E-state index in [0.717, 1.165) is 12.1 Å². The SMILES string of the molecule is N#Cc1ccc(NC(=O)C2CCOC2)cc1. The molecular weight excluding hydrogens is 204 g/mol. The van der Waals surface area contributed by atoms with Crippen molar-refractivity contribution in [3.63, 3.8) is 0 Å².